The predicted octanol–water partition coefficient (Wildman–Crippen LogP) is 1.44. The first-order chi connectivity index (χ1) is 10.9. The fourth-order valence-corrected chi connectivity index (χ4v) is 1.93. The molecule has 1 radical (unpaired) electrons. The molecule has 0 aromatic carbocycles. The van der Waals surface area contributed by atoms with Crippen LogP contribution in [0.5, 0.6) is 0 Å². The van der Waals surface area contributed by atoms with Crippen LogP contribution in [0.15, 0.2) is 45.8 Å². The van der Waals surface area contributed by atoms with Gasteiger partial charge in [0, 0.05) is 29.1 Å². The molecule has 22 heavy (non-hydrogen) atoms. The summed E-state index contributed by atoms with van der Waals surface area (Å²) in [7, 11) is 0. The van der Waals surface area contributed by atoms with Gasteiger partial charge in [0.1, 0.15) is 17.1 Å². The van der Waals surface area contributed by atoms with E-state index >= 15 is 0 Å². The van der Waals surface area contributed by atoms with E-state index in [0.717, 1.165) is 0 Å². The van der Waals surface area contributed by atoms with E-state index in [4.69, 9.17) is 9.05 Å². The van der Waals surface area contributed by atoms with Gasteiger partial charge in [0.2, 0.25) is 11.5 Å². The minimum Gasteiger partial charge on any atom is -0.334 e. The van der Waals surface area contributed by atoms with Crippen molar-refractivity contribution in [3.63, 3.8) is 0 Å². The first-order valence-electron chi connectivity index (χ1n) is 6.19. The SMILES string of the molecule is [c]1nnoc1-c1nccnc1-c1nnoc1-c1ccccn1. The van der Waals surface area contributed by atoms with Crippen molar-refractivity contribution in [1.82, 2.24) is 35.7 Å². The zero-order chi connectivity index (χ0) is 14.8. The van der Waals surface area contributed by atoms with Crippen molar-refractivity contribution in [1.29, 1.82) is 0 Å². The molecule has 0 unspecified atom stereocenters. The van der Waals surface area contributed by atoms with Crippen LogP contribution in [-0.2, 0) is 0 Å². The van der Waals surface area contributed by atoms with E-state index in [1.165, 1.54) is 12.4 Å². The third kappa shape index (κ3) is 2.00. The van der Waals surface area contributed by atoms with Crippen molar-refractivity contribution in [2.24, 2.45) is 0 Å². The summed E-state index contributed by atoms with van der Waals surface area (Å²) in [5.74, 6) is 0.632. The Labute approximate surface area is 123 Å². The van der Waals surface area contributed by atoms with Crippen LogP contribution in [-0.4, -0.2) is 35.7 Å². The Morgan fingerprint density at radius 2 is 1.73 bits per heavy atom. The molecule has 0 spiro atoms. The van der Waals surface area contributed by atoms with Crippen LogP contribution in [0.3, 0.4) is 0 Å². The van der Waals surface area contributed by atoms with E-state index in [1.807, 2.05) is 6.07 Å². The highest BCUT2D eigenvalue weighted by atomic mass is 16.5. The van der Waals surface area contributed by atoms with Gasteiger partial charge in [-0.25, -0.2) is 4.98 Å². The number of pyridine rings is 1. The molecule has 9 nitrogen and oxygen atoms in total. The number of nitrogens with zero attached hydrogens (tertiary/aromatic N) is 7. The molecule has 9 heteroatoms. The standard InChI is InChI=1S/C13H6N7O2/c1-2-4-14-8(3-1)13-12(18-20-22-13)11-10(15-5-6-16-11)9-7-17-19-21-9/h1-6H. The van der Waals surface area contributed by atoms with Crippen LogP contribution in [0.4, 0.5) is 0 Å². The monoisotopic (exact) mass is 292 g/mol. The van der Waals surface area contributed by atoms with Gasteiger partial charge in [0.05, 0.1) is 0 Å². The zero-order valence-electron chi connectivity index (χ0n) is 10.9. The van der Waals surface area contributed by atoms with Gasteiger partial charge in [-0.15, -0.1) is 10.2 Å². The molecule has 0 atom stereocenters. The highest BCUT2D eigenvalue weighted by molar-refractivity contribution is 5.80. The summed E-state index contributed by atoms with van der Waals surface area (Å²) >= 11 is 0. The fourth-order valence-electron chi connectivity index (χ4n) is 1.93. The van der Waals surface area contributed by atoms with Gasteiger partial charge in [-0.3, -0.25) is 9.97 Å². The average Bonchev–Trinajstić information content (AvgIpc) is 3.27. The van der Waals surface area contributed by atoms with E-state index in [9.17, 15) is 0 Å². The zero-order valence-corrected chi connectivity index (χ0v) is 10.9. The van der Waals surface area contributed by atoms with Gasteiger partial charge in [-0.2, -0.15) is 0 Å². The van der Waals surface area contributed by atoms with E-state index < -0.39 is 0 Å². The maximum absolute atomic E-state index is 5.21. The van der Waals surface area contributed by atoms with Crippen LogP contribution in [0.1, 0.15) is 0 Å². The van der Waals surface area contributed by atoms with E-state index in [2.05, 4.69) is 41.9 Å². The van der Waals surface area contributed by atoms with Crippen molar-refractivity contribution in [2.75, 3.05) is 0 Å². The van der Waals surface area contributed by atoms with Crippen molar-refractivity contribution in [3.05, 3.63) is 43.0 Å². The molecule has 4 aromatic rings. The van der Waals surface area contributed by atoms with E-state index in [1.54, 1.807) is 18.3 Å². The Morgan fingerprint density at radius 3 is 2.50 bits per heavy atom. The normalized spacial score (nSPS) is 10.7. The maximum Gasteiger partial charge on any atom is 0.217 e. The quantitative estimate of drug-likeness (QED) is 0.552. The lowest BCUT2D eigenvalue weighted by Crippen LogP contribution is -1.94. The van der Waals surface area contributed by atoms with Gasteiger partial charge < -0.3 is 9.05 Å². The molecular formula is C13H6N7O2. The topological polar surface area (TPSA) is 117 Å². The summed E-state index contributed by atoms with van der Waals surface area (Å²) in [5.41, 5.74) is 1.78. The molecular weight excluding hydrogens is 286 g/mol. The maximum atomic E-state index is 5.21. The number of hydrogen-bond donors (Lipinski definition) is 0. The molecule has 0 aliphatic carbocycles. The second-order valence-corrected chi connectivity index (χ2v) is 4.13. The lowest BCUT2D eigenvalue weighted by atomic mass is 10.1. The Hall–Kier alpha value is -3.49. The van der Waals surface area contributed by atoms with Crippen LogP contribution in [0.2, 0.25) is 0 Å². The second-order valence-electron chi connectivity index (χ2n) is 4.13. The van der Waals surface area contributed by atoms with Crippen molar-refractivity contribution in [3.8, 4) is 34.3 Å². The van der Waals surface area contributed by atoms with E-state index in [-0.39, 0.29) is 5.76 Å². The molecule has 4 rings (SSSR count). The third-order valence-corrected chi connectivity index (χ3v) is 2.85. The van der Waals surface area contributed by atoms with Gasteiger partial charge in [-0.05, 0) is 12.1 Å². The van der Waals surface area contributed by atoms with Crippen LogP contribution in [0.25, 0.3) is 34.3 Å². The molecule has 0 aliphatic heterocycles. The summed E-state index contributed by atoms with van der Waals surface area (Å²) in [6.45, 7) is 0. The predicted molar refractivity (Wildman–Crippen MR) is 70.7 cm³/mol. The summed E-state index contributed by atoms with van der Waals surface area (Å²) < 4.78 is 10.2. The van der Waals surface area contributed by atoms with Gasteiger partial charge in [0.15, 0.2) is 11.9 Å². The highest BCUT2D eigenvalue weighted by Crippen LogP contribution is 2.32. The van der Waals surface area contributed by atoms with Crippen molar-refractivity contribution >= 4 is 0 Å². The van der Waals surface area contributed by atoms with Crippen LogP contribution in [0, 0.1) is 6.20 Å². The molecule has 105 valence electrons. The first kappa shape index (κ1) is 12.3. The average molecular weight is 292 g/mol. The molecule has 0 N–H and O–H groups in total. The minimum absolute atomic E-state index is 0.248. The first-order valence-corrected chi connectivity index (χ1v) is 6.19. The molecule has 0 saturated heterocycles. The van der Waals surface area contributed by atoms with Gasteiger partial charge in [-0.1, -0.05) is 6.07 Å². The smallest absolute Gasteiger partial charge is 0.217 e. The summed E-state index contributed by atoms with van der Waals surface area (Å²) in [6.07, 6.45) is 7.28. The summed E-state index contributed by atoms with van der Waals surface area (Å²) in [6, 6.07) is 5.42. The van der Waals surface area contributed by atoms with Crippen LogP contribution >= 0.6 is 0 Å². The van der Waals surface area contributed by atoms with Crippen molar-refractivity contribution < 1.29 is 9.05 Å². The molecule has 4 aromatic heterocycles. The lowest BCUT2D eigenvalue weighted by Gasteiger charge is -2.02. The number of rotatable bonds is 3. The molecule has 0 bridgehead atoms. The summed E-state index contributed by atoms with van der Waals surface area (Å²) in [5, 5.41) is 14.5. The Balaban J connectivity index is 1.90. The molecule has 0 saturated carbocycles. The molecule has 4 heterocycles. The fraction of sp³-hybridized carbons (Fsp3) is 0. The van der Waals surface area contributed by atoms with Crippen LogP contribution < -0.4 is 0 Å². The van der Waals surface area contributed by atoms with Crippen molar-refractivity contribution in [2.45, 2.75) is 0 Å². The molecule has 0 amide bonds. The lowest BCUT2D eigenvalue weighted by molar-refractivity contribution is 0.402. The Morgan fingerprint density at radius 1 is 0.818 bits per heavy atom. The Bertz CT molecular complexity index is 890. The largest absolute Gasteiger partial charge is 0.334 e. The molecule has 0 aliphatic rings. The summed E-state index contributed by atoms with van der Waals surface area (Å²) in [4.78, 5) is 12.7. The number of aromatic nitrogens is 7. The van der Waals surface area contributed by atoms with E-state index in [0.29, 0.717) is 28.5 Å². The van der Waals surface area contributed by atoms with Gasteiger partial charge >= 0.3 is 0 Å². The number of hydrogen-bond acceptors (Lipinski definition) is 9. The van der Waals surface area contributed by atoms with Gasteiger partial charge in [0.25, 0.3) is 0 Å². The molecule has 0 fully saturated rings. The minimum atomic E-state index is 0.248. The highest BCUT2D eigenvalue weighted by Gasteiger charge is 2.23. The second kappa shape index (κ2) is 5.13. The Kier molecular flexibility index (Phi) is 2.86. The third-order valence-electron chi connectivity index (χ3n) is 2.85.